The lowest BCUT2D eigenvalue weighted by atomic mass is 9.89. The second kappa shape index (κ2) is 4.13. The Morgan fingerprint density at radius 3 is 2.88 bits per heavy atom. The molecule has 2 aliphatic rings. The van der Waals surface area contributed by atoms with Crippen molar-refractivity contribution in [2.45, 2.75) is 37.5 Å². The summed E-state index contributed by atoms with van der Waals surface area (Å²) in [5.41, 5.74) is 0. The molecular weight excluding hydrogens is 272 g/mol. The molecule has 0 amide bonds. The molecular formula is C11H15BrN2O2. The van der Waals surface area contributed by atoms with Gasteiger partial charge >= 0.3 is 0 Å². The monoisotopic (exact) mass is 286 g/mol. The molecule has 88 valence electrons. The first-order valence-corrected chi connectivity index (χ1v) is 6.57. The fraction of sp³-hybridized carbons (Fsp3) is 0.727. The maximum atomic E-state index is 5.86. The van der Waals surface area contributed by atoms with Gasteiger partial charge in [-0.15, -0.1) is 0 Å². The molecule has 0 radical (unpaired) electrons. The van der Waals surface area contributed by atoms with E-state index in [1.165, 1.54) is 12.8 Å². The van der Waals surface area contributed by atoms with Gasteiger partial charge in [0.15, 0.2) is 5.79 Å². The van der Waals surface area contributed by atoms with Crippen LogP contribution in [0, 0.1) is 0 Å². The van der Waals surface area contributed by atoms with Crippen molar-refractivity contribution in [3.05, 3.63) is 16.9 Å². The average Bonchev–Trinajstić information content (AvgIpc) is 2.90. The molecule has 0 bridgehead atoms. The topological polar surface area (TPSA) is 36.3 Å². The third-order valence-electron chi connectivity index (χ3n) is 3.43. The van der Waals surface area contributed by atoms with Crippen molar-refractivity contribution in [3.63, 3.8) is 0 Å². The number of rotatable bonds is 1. The van der Waals surface area contributed by atoms with E-state index in [1.807, 2.05) is 17.1 Å². The maximum Gasteiger partial charge on any atom is 0.190 e. The van der Waals surface area contributed by atoms with Crippen LogP contribution in [-0.2, 0) is 9.47 Å². The van der Waals surface area contributed by atoms with Crippen LogP contribution >= 0.6 is 15.9 Å². The van der Waals surface area contributed by atoms with Crippen LogP contribution in [0.15, 0.2) is 16.9 Å². The number of ether oxygens (including phenoxy) is 2. The zero-order chi connectivity index (χ0) is 11.0. The molecule has 1 aliphatic carbocycles. The van der Waals surface area contributed by atoms with Gasteiger partial charge in [-0.25, -0.2) is 0 Å². The summed E-state index contributed by atoms with van der Waals surface area (Å²) in [6.07, 6.45) is 8.28. The molecule has 1 aromatic heterocycles. The molecule has 3 rings (SSSR count). The summed E-state index contributed by atoms with van der Waals surface area (Å²) in [6.45, 7) is 1.41. The lowest BCUT2D eigenvalue weighted by Gasteiger charge is -2.39. The quantitative estimate of drug-likeness (QED) is 0.796. The van der Waals surface area contributed by atoms with Gasteiger partial charge in [0, 0.05) is 12.6 Å². The van der Waals surface area contributed by atoms with E-state index in [9.17, 15) is 0 Å². The van der Waals surface area contributed by atoms with Gasteiger partial charge in [0.05, 0.1) is 23.9 Å². The molecule has 2 fully saturated rings. The summed E-state index contributed by atoms with van der Waals surface area (Å²) in [6, 6.07) is 0.218. The Hall–Kier alpha value is -0.390. The molecule has 1 saturated heterocycles. The number of halogens is 1. The molecule has 1 aliphatic heterocycles. The minimum absolute atomic E-state index is 0.218. The normalized spacial score (nSPS) is 28.7. The summed E-state index contributed by atoms with van der Waals surface area (Å²) in [7, 11) is 0. The first-order chi connectivity index (χ1) is 7.80. The molecule has 1 unspecified atom stereocenters. The first kappa shape index (κ1) is 10.7. The van der Waals surface area contributed by atoms with E-state index in [0.717, 1.165) is 17.3 Å². The summed E-state index contributed by atoms with van der Waals surface area (Å²) in [4.78, 5) is 0. The highest BCUT2D eigenvalue weighted by atomic mass is 79.9. The summed E-state index contributed by atoms with van der Waals surface area (Å²) >= 11 is 3.43. The van der Waals surface area contributed by atoms with Crippen LogP contribution in [-0.4, -0.2) is 28.8 Å². The number of hydrogen-bond acceptors (Lipinski definition) is 3. The SMILES string of the molecule is Brc1cnn(C2CCCCC23OCCO3)c1. The standard InChI is InChI=1S/C11H15BrN2O2/c12-9-7-13-14(8-9)10-3-1-2-4-11(10)15-5-6-16-11/h7-8,10H,1-6H2. The van der Waals surface area contributed by atoms with Gasteiger partial charge in [-0.1, -0.05) is 6.42 Å². The molecule has 5 heteroatoms. The first-order valence-electron chi connectivity index (χ1n) is 5.78. The van der Waals surface area contributed by atoms with Gasteiger partial charge in [0.1, 0.15) is 6.04 Å². The fourth-order valence-electron chi connectivity index (χ4n) is 2.72. The van der Waals surface area contributed by atoms with Crippen LogP contribution in [0.2, 0.25) is 0 Å². The van der Waals surface area contributed by atoms with Crippen LogP contribution < -0.4 is 0 Å². The lowest BCUT2D eigenvalue weighted by molar-refractivity contribution is -0.208. The van der Waals surface area contributed by atoms with E-state index >= 15 is 0 Å². The average molecular weight is 287 g/mol. The second-order valence-electron chi connectivity index (χ2n) is 4.41. The van der Waals surface area contributed by atoms with Gasteiger partial charge in [-0.3, -0.25) is 4.68 Å². The number of aromatic nitrogens is 2. The third-order valence-corrected chi connectivity index (χ3v) is 3.84. The number of nitrogens with zero attached hydrogens (tertiary/aromatic N) is 2. The van der Waals surface area contributed by atoms with Crippen molar-refractivity contribution in [2.24, 2.45) is 0 Å². The van der Waals surface area contributed by atoms with E-state index in [0.29, 0.717) is 13.2 Å². The van der Waals surface area contributed by atoms with E-state index in [-0.39, 0.29) is 6.04 Å². The summed E-state index contributed by atoms with van der Waals surface area (Å²) in [5, 5.41) is 4.37. The van der Waals surface area contributed by atoms with Gasteiger partial charge in [0.25, 0.3) is 0 Å². The Kier molecular flexibility index (Phi) is 2.77. The molecule has 1 saturated carbocycles. The Balaban J connectivity index is 1.91. The molecule has 1 aromatic rings. The van der Waals surface area contributed by atoms with Crippen molar-refractivity contribution >= 4 is 15.9 Å². The molecule has 0 N–H and O–H groups in total. The zero-order valence-electron chi connectivity index (χ0n) is 9.06. The zero-order valence-corrected chi connectivity index (χ0v) is 10.6. The van der Waals surface area contributed by atoms with Crippen molar-refractivity contribution in [1.29, 1.82) is 0 Å². The van der Waals surface area contributed by atoms with Crippen LogP contribution in [0.3, 0.4) is 0 Å². The van der Waals surface area contributed by atoms with Crippen LogP contribution in [0.5, 0.6) is 0 Å². The van der Waals surface area contributed by atoms with E-state index in [1.54, 1.807) is 0 Å². The van der Waals surface area contributed by atoms with E-state index < -0.39 is 5.79 Å². The Labute approximate surface area is 103 Å². The highest BCUT2D eigenvalue weighted by molar-refractivity contribution is 9.10. The van der Waals surface area contributed by atoms with Gasteiger partial charge in [-0.05, 0) is 28.8 Å². The molecule has 2 heterocycles. The van der Waals surface area contributed by atoms with E-state index in [2.05, 4.69) is 21.0 Å². The summed E-state index contributed by atoms with van der Waals surface area (Å²) < 4.78 is 14.7. The van der Waals surface area contributed by atoms with Gasteiger partial charge < -0.3 is 9.47 Å². The smallest absolute Gasteiger partial charge is 0.190 e. The number of hydrogen-bond donors (Lipinski definition) is 0. The minimum atomic E-state index is -0.413. The largest absolute Gasteiger partial charge is 0.345 e. The predicted molar refractivity (Wildman–Crippen MR) is 62.1 cm³/mol. The van der Waals surface area contributed by atoms with Crippen molar-refractivity contribution in [1.82, 2.24) is 9.78 Å². The van der Waals surface area contributed by atoms with Crippen molar-refractivity contribution < 1.29 is 9.47 Å². The Bertz CT molecular complexity index is 374. The van der Waals surface area contributed by atoms with E-state index in [4.69, 9.17) is 9.47 Å². The molecule has 1 atom stereocenters. The molecule has 0 aromatic carbocycles. The second-order valence-corrected chi connectivity index (χ2v) is 5.32. The molecule has 4 nitrogen and oxygen atoms in total. The minimum Gasteiger partial charge on any atom is -0.345 e. The molecule has 1 spiro atoms. The van der Waals surface area contributed by atoms with Crippen molar-refractivity contribution in [3.8, 4) is 0 Å². The fourth-order valence-corrected chi connectivity index (χ4v) is 3.02. The van der Waals surface area contributed by atoms with Gasteiger partial charge in [0.2, 0.25) is 0 Å². The predicted octanol–water partition coefficient (Wildman–Crippen LogP) is 2.50. The highest BCUT2D eigenvalue weighted by Crippen LogP contribution is 2.43. The Morgan fingerprint density at radius 2 is 2.19 bits per heavy atom. The van der Waals surface area contributed by atoms with Crippen LogP contribution in [0.4, 0.5) is 0 Å². The lowest BCUT2D eigenvalue weighted by Crippen LogP contribution is -2.43. The van der Waals surface area contributed by atoms with Gasteiger partial charge in [-0.2, -0.15) is 5.10 Å². The third kappa shape index (κ3) is 1.71. The molecule has 16 heavy (non-hydrogen) atoms. The van der Waals surface area contributed by atoms with Crippen LogP contribution in [0.25, 0.3) is 0 Å². The Morgan fingerprint density at radius 1 is 1.38 bits per heavy atom. The summed E-state index contributed by atoms with van der Waals surface area (Å²) in [5.74, 6) is -0.413. The maximum absolute atomic E-state index is 5.86. The van der Waals surface area contributed by atoms with Crippen LogP contribution in [0.1, 0.15) is 31.7 Å². The highest BCUT2D eigenvalue weighted by Gasteiger charge is 2.47. The van der Waals surface area contributed by atoms with Crippen molar-refractivity contribution in [2.75, 3.05) is 13.2 Å².